The Morgan fingerprint density at radius 2 is 0.800 bits per heavy atom. The predicted octanol–water partition coefficient (Wildman–Crippen LogP) is -0.612. The average molecular weight is 252 g/mol. The van der Waals surface area contributed by atoms with Crippen LogP contribution >= 0.6 is 0 Å². The van der Waals surface area contributed by atoms with E-state index < -0.39 is 20.6 Å². The van der Waals surface area contributed by atoms with Crippen LogP contribution in [0.1, 0.15) is 0 Å². The standard InChI is InChI=1S/3C2H6N.Sn.H/c3*1-3-2;;/h3*1-2H3;;/q3*-1;+3;. The van der Waals surface area contributed by atoms with Crippen molar-refractivity contribution in [2.24, 2.45) is 0 Å². The molecule has 4 heteroatoms. The van der Waals surface area contributed by atoms with Crippen molar-refractivity contribution in [1.29, 1.82) is 0 Å². The first-order valence-electron chi connectivity index (χ1n) is 3.46. The third-order valence-electron chi connectivity index (χ3n) is 1.39. The van der Waals surface area contributed by atoms with Crippen molar-refractivity contribution in [3.05, 3.63) is 0 Å². The summed E-state index contributed by atoms with van der Waals surface area (Å²) in [7, 11) is 13.0. The van der Waals surface area contributed by atoms with E-state index in [1.165, 1.54) is 0 Å². The maximum atomic E-state index is 2.38. The number of rotatable bonds is 3. The Hall–Kier alpha value is 0.679. The summed E-state index contributed by atoms with van der Waals surface area (Å²) in [5, 5.41) is 0. The molecule has 0 N–H and O–H groups in total. The normalized spacial score (nSPS) is 12.6. The second-order valence-electron chi connectivity index (χ2n) is 3.24. The summed E-state index contributed by atoms with van der Waals surface area (Å²) in [5.41, 5.74) is 0. The van der Waals surface area contributed by atoms with Crippen molar-refractivity contribution in [3.63, 3.8) is 0 Å². The summed E-state index contributed by atoms with van der Waals surface area (Å²) in [5.74, 6) is 0. The van der Waals surface area contributed by atoms with E-state index in [0.717, 1.165) is 0 Å². The van der Waals surface area contributed by atoms with Gasteiger partial charge < -0.3 is 0 Å². The Morgan fingerprint density at radius 3 is 0.800 bits per heavy atom. The molecule has 0 aromatic heterocycles. The Labute approximate surface area is 72.4 Å². The van der Waals surface area contributed by atoms with Gasteiger partial charge in [-0.25, -0.2) is 0 Å². The molecule has 0 fully saturated rings. The quantitative estimate of drug-likeness (QED) is 0.620. The van der Waals surface area contributed by atoms with E-state index in [1.54, 1.807) is 0 Å². The van der Waals surface area contributed by atoms with Crippen LogP contribution in [-0.4, -0.2) is 72.2 Å². The van der Waals surface area contributed by atoms with E-state index in [0.29, 0.717) is 0 Å². The van der Waals surface area contributed by atoms with Gasteiger partial charge in [-0.2, -0.15) is 0 Å². The van der Waals surface area contributed by atoms with Crippen LogP contribution in [0.2, 0.25) is 0 Å². The Morgan fingerprint density at radius 1 is 0.600 bits per heavy atom. The maximum absolute atomic E-state index is 2.38. The van der Waals surface area contributed by atoms with Crippen molar-refractivity contribution < 1.29 is 0 Å². The van der Waals surface area contributed by atoms with E-state index in [1.807, 2.05) is 0 Å². The first-order valence-corrected chi connectivity index (χ1v) is 7.88. The van der Waals surface area contributed by atoms with Gasteiger partial charge in [0.05, 0.1) is 0 Å². The Balaban J connectivity index is 3.98. The third kappa shape index (κ3) is 3.18. The molecule has 0 spiro atoms. The van der Waals surface area contributed by atoms with Gasteiger partial charge in [-0.15, -0.1) is 0 Å². The summed E-state index contributed by atoms with van der Waals surface area (Å²) >= 11 is -1.64. The second kappa shape index (κ2) is 4.53. The van der Waals surface area contributed by atoms with E-state index >= 15 is 0 Å². The van der Waals surface area contributed by atoms with Crippen molar-refractivity contribution >= 4 is 20.6 Å². The Kier molecular flexibility index (Phi) is 4.84. The molecule has 0 saturated carbocycles. The molecule has 0 unspecified atom stereocenters. The fourth-order valence-corrected chi connectivity index (χ4v) is 9.30. The van der Waals surface area contributed by atoms with Crippen molar-refractivity contribution in [1.82, 2.24) is 9.36 Å². The van der Waals surface area contributed by atoms with Gasteiger partial charge in [0.25, 0.3) is 0 Å². The van der Waals surface area contributed by atoms with Gasteiger partial charge in [0.15, 0.2) is 0 Å². The molecule has 0 aromatic carbocycles. The molecule has 0 bridgehead atoms. The molecule has 0 aliphatic rings. The van der Waals surface area contributed by atoms with Gasteiger partial charge in [-0.3, -0.25) is 0 Å². The second-order valence-corrected chi connectivity index (χ2v) is 14.1. The monoisotopic (exact) mass is 253 g/mol. The first kappa shape index (κ1) is 10.7. The van der Waals surface area contributed by atoms with E-state index in [9.17, 15) is 0 Å². The predicted molar refractivity (Wildman–Crippen MR) is 48.2 cm³/mol. The molecule has 0 radical (unpaired) electrons. The van der Waals surface area contributed by atoms with E-state index in [2.05, 4.69) is 51.7 Å². The van der Waals surface area contributed by atoms with E-state index in [-0.39, 0.29) is 0 Å². The van der Waals surface area contributed by atoms with Crippen molar-refractivity contribution in [3.8, 4) is 0 Å². The summed E-state index contributed by atoms with van der Waals surface area (Å²) < 4.78 is 7.13. The minimum atomic E-state index is -1.64. The summed E-state index contributed by atoms with van der Waals surface area (Å²) in [6, 6.07) is 0. The molecule has 0 amide bonds. The minimum absolute atomic E-state index is 1.64. The zero-order valence-corrected chi connectivity index (χ0v) is 11.2. The van der Waals surface area contributed by atoms with Gasteiger partial charge >= 0.3 is 72.2 Å². The molecule has 0 aliphatic heterocycles. The molecule has 3 nitrogen and oxygen atoms in total. The SMILES string of the molecule is C[N](C)[SnH]([N](C)C)[N](C)C. The topological polar surface area (TPSA) is 9.72 Å². The zero-order chi connectivity index (χ0) is 8.31. The van der Waals surface area contributed by atoms with Crippen LogP contribution in [0.4, 0.5) is 0 Å². The van der Waals surface area contributed by atoms with Crippen LogP contribution in [0, 0.1) is 0 Å². The number of nitrogens with zero attached hydrogens (tertiary/aromatic N) is 3. The van der Waals surface area contributed by atoms with Crippen molar-refractivity contribution in [2.45, 2.75) is 0 Å². The molecule has 0 saturated heterocycles. The number of hydrogen-bond donors (Lipinski definition) is 0. The molecule has 0 atom stereocenters. The van der Waals surface area contributed by atoms with Gasteiger partial charge in [0.1, 0.15) is 0 Å². The van der Waals surface area contributed by atoms with E-state index in [4.69, 9.17) is 0 Å². The summed E-state index contributed by atoms with van der Waals surface area (Å²) in [4.78, 5) is 0. The molecule has 0 heterocycles. The fraction of sp³-hybridized carbons (Fsp3) is 1.00. The van der Waals surface area contributed by atoms with Gasteiger partial charge in [-0.1, -0.05) is 0 Å². The molecule has 62 valence electrons. The summed E-state index contributed by atoms with van der Waals surface area (Å²) in [6.45, 7) is 0. The molecule has 0 rings (SSSR count). The molecular formula is C6H19N3Sn. The van der Waals surface area contributed by atoms with Gasteiger partial charge in [-0.05, 0) is 0 Å². The molecule has 0 aromatic rings. The zero-order valence-electron chi connectivity index (χ0n) is 7.92. The van der Waals surface area contributed by atoms with Gasteiger partial charge in [0, 0.05) is 0 Å². The number of hydrogen-bond acceptors (Lipinski definition) is 3. The van der Waals surface area contributed by atoms with Crippen LogP contribution in [0.3, 0.4) is 0 Å². The molecular weight excluding hydrogens is 233 g/mol. The van der Waals surface area contributed by atoms with Crippen LogP contribution < -0.4 is 0 Å². The first-order chi connectivity index (χ1) is 4.46. The van der Waals surface area contributed by atoms with Crippen LogP contribution in [0.25, 0.3) is 0 Å². The summed E-state index contributed by atoms with van der Waals surface area (Å²) in [6.07, 6.45) is 0. The van der Waals surface area contributed by atoms with Gasteiger partial charge in [0.2, 0.25) is 0 Å². The molecule has 10 heavy (non-hydrogen) atoms. The average Bonchev–Trinajstić information content (AvgIpc) is 1.59. The third-order valence-corrected chi connectivity index (χ3v) is 9.30. The fourth-order valence-electron chi connectivity index (χ4n) is 1.39. The van der Waals surface area contributed by atoms with Crippen molar-refractivity contribution in [2.75, 3.05) is 42.3 Å². The van der Waals surface area contributed by atoms with Crippen LogP contribution in [-0.2, 0) is 0 Å². The van der Waals surface area contributed by atoms with Crippen LogP contribution in [0.5, 0.6) is 0 Å². The Bertz CT molecular complexity index is 74.0. The molecule has 0 aliphatic carbocycles. The van der Waals surface area contributed by atoms with Crippen LogP contribution in [0.15, 0.2) is 0 Å².